The Labute approximate surface area is 406 Å². The van der Waals surface area contributed by atoms with Crippen molar-refractivity contribution < 1.29 is 0 Å². The van der Waals surface area contributed by atoms with E-state index in [2.05, 4.69) is 55.5 Å². The molecule has 2 unspecified atom stereocenters. The maximum absolute atomic E-state index is 14.4. The van der Waals surface area contributed by atoms with Crippen molar-refractivity contribution in [3.05, 3.63) is 159 Å². The number of fused-ring (bicyclic) bond motifs is 6. The van der Waals surface area contributed by atoms with E-state index in [-0.39, 0.29) is 22.2 Å². The highest BCUT2D eigenvalue weighted by Crippen LogP contribution is 2.44. The van der Waals surface area contributed by atoms with Crippen LogP contribution in [0.1, 0.15) is 9.75 Å². The number of aromatic nitrogens is 2. The molecule has 12 heterocycles. The van der Waals surface area contributed by atoms with Crippen LogP contribution in [0.2, 0.25) is 0 Å². The molecule has 0 spiro atoms. The molecular formula is C46H26N2O4P2S10. The van der Waals surface area contributed by atoms with Crippen molar-refractivity contribution in [3.8, 4) is 39.3 Å². The number of nitrogens with zero attached hydrogens (tertiary/aromatic N) is 2. The average molecular weight is 1050 g/mol. The normalized spacial score (nSPS) is 12.3. The lowest BCUT2D eigenvalue weighted by molar-refractivity contribution is 0.999. The lowest BCUT2D eigenvalue weighted by atomic mass is 10.3. The number of hydrogen-bond donors (Lipinski definition) is 0. The van der Waals surface area contributed by atoms with Gasteiger partial charge in [-0.3, -0.25) is 19.2 Å². The van der Waals surface area contributed by atoms with Gasteiger partial charge in [-0.05, 0) is 139 Å². The molecule has 2 atom stereocenters. The van der Waals surface area contributed by atoms with Crippen LogP contribution in [0, 0.1) is 13.8 Å². The Morgan fingerprint density at radius 2 is 0.750 bits per heavy atom. The van der Waals surface area contributed by atoms with E-state index in [0.29, 0.717) is 48.7 Å². The van der Waals surface area contributed by atoms with Crippen LogP contribution in [-0.4, -0.2) is 9.13 Å². The smallest absolute Gasteiger partial charge is 0.267 e. The zero-order chi connectivity index (χ0) is 43.4. The first-order valence-electron chi connectivity index (χ1n) is 19.4. The van der Waals surface area contributed by atoms with Gasteiger partial charge in [0.2, 0.25) is 0 Å². The Balaban J connectivity index is 0.892. The second-order valence-corrected chi connectivity index (χ2v) is 29.5. The molecule has 18 heteroatoms. The highest BCUT2D eigenvalue weighted by molar-refractivity contribution is 7.69. The van der Waals surface area contributed by atoms with Crippen LogP contribution in [-0.2, 0) is 0 Å². The minimum atomic E-state index is -0.297. The SMILES string of the molecule is Cc1ccc(Pc2ccc(-c3cc4c(=O)n(-c5cccs5)c(=O)c5cc(-c6ccc(Pc7ccc(-c8cc9c(=O)n(-c%10cccs%10)c(=O)c%10cc(C)sc%10c9s8)s7)s6)sc5c4s3)s2)s1. The Bertz CT molecular complexity index is 4050. The summed E-state index contributed by atoms with van der Waals surface area (Å²) in [5.41, 5.74) is -1.15. The molecule has 12 aromatic heterocycles. The van der Waals surface area contributed by atoms with Crippen molar-refractivity contribution >= 4 is 189 Å². The molecule has 64 heavy (non-hydrogen) atoms. The van der Waals surface area contributed by atoms with E-state index < -0.39 is 0 Å². The van der Waals surface area contributed by atoms with Crippen LogP contribution >= 0.6 is 131 Å². The largest absolute Gasteiger partial charge is 0.268 e. The fourth-order valence-electron chi connectivity index (χ4n) is 7.58. The molecule has 0 fully saturated rings. The first-order valence-corrected chi connectivity index (χ1v) is 29.7. The summed E-state index contributed by atoms with van der Waals surface area (Å²) in [5, 5.41) is 7.26. The van der Waals surface area contributed by atoms with E-state index >= 15 is 0 Å². The van der Waals surface area contributed by atoms with Crippen molar-refractivity contribution in [1.82, 2.24) is 9.13 Å². The Kier molecular flexibility index (Phi) is 10.7. The Morgan fingerprint density at radius 1 is 0.375 bits per heavy atom. The predicted molar refractivity (Wildman–Crippen MR) is 293 cm³/mol. The van der Waals surface area contributed by atoms with Crippen LogP contribution in [0.3, 0.4) is 0 Å². The van der Waals surface area contributed by atoms with E-state index in [1.165, 1.54) is 55.2 Å². The second kappa shape index (κ2) is 16.5. The van der Waals surface area contributed by atoms with E-state index in [1.54, 1.807) is 79.4 Å². The molecule has 0 aliphatic carbocycles. The fraction of sp³-hybridized carbons (Fsp3) is 0.0435. The zero-order valence-corrected chi connectivity index (χ0v) is 43.2. The van der Waals surface area contributed by atoms with Crippen molar-refractivity contribution in [2.24, 2.45) is 0 Å². The Morgan fingerprint density at radius 3 is 1.12 bits per heavy atom. The molecule has 314 valence electrons. The molecule has 0 saturated heterocycles. The monoisotopic (exact) mass is 1050 g/mol. The molecule has 0 aromatic carbocycles. The predicted octanol–water partition coefficient (Wildman–Crippen LogP) is 12.8. The van der Waals surface area contributed by atoms with Gasteiger partial charge in [0.15, 0.2) is 0 Å². The summed E-state index contributed by atoms with van der Waals surface area (Å²) < 4.78 is 11.2. The van der Waals surface area contributed by atoms with Gasteiger partial charge < -0.3 is 0 Å². The van der Waals surface area contributed by atoms with Crippen LogP contribution in [0.5, 0.6) is 0 Å². The number of rotatable bonds is 9. The van der Waals surface area contributed by atoms with E-state index in [0.717, 1.165) is 52.9 Å². The summed E-state index contributed by atoms with van der Waals surface area (Å²) in [7, 11) is 1.02. The zero-order valence-electron chi connectivity index (χ0n) is 33.0. The summed E-state index contributed by atoms with van der Waals surface area (Å²) >= 11 is 16.2. The molecule has 0 amide bonds. The highest BCUT2D eigenvalue weighted by atomic mass is 32.1. The van der Waals surface area contributed by atoms with Crippen molar-refractivity contribution in [2.75, 3.05) is 0 Å². The lowest BCUT2D eigenvalue weighted by Crippen LogP contribution is -2.27. The summed E-state index contributed by atoms with van der Waals surface area (Å²) in [6.45, 7) is 4.14. The van der Waals surface area contributed by atoms with Crippen molar-refractivity contribution in [2.45, 2.75) is 13.8 Å². The average Bonchev–Trinajstić information content (AvgIpc) is 4.11. The third kappa shape index (κ3) is 7.22. The topological polar surface area (TPSA) is 78.1 Å². The standard InChI is InChI=1S/C46H26N2O4P2S10/c1-21-7-11-35(57-21)53-36-12-8-28(59-36)31-19-25-41(63-31)42-26(46(52)48(45(25)51)34-6-4-16-56-34)20-32(64-42)29-10-14-38(61-29)54-37-13-9-27(60-37)30-18-24-40(62-30)39-23(17-22(2)58-39)43(49)47(44(24)50)33-5-3-15-55-33/h3-20,53-54H,1-2H3. The Hall–Kier alpha value is -3.86. The van der Waals surface area contributed by atoms with Crippen LogP contribution in [0.25, 0.3) is 79.6 Å². The molecule has 0 bridgehead atoms. The third-order valence-corrected chi connectivity index (χ3v) is 25.1. The maximum Gasteiger partial charge on any atom is 0.267 e. The van der Waals surface area contributed by atoms with E-state index in [1.807, 2.05) is 77.6 Å². The molecule has 0 radical (unpaired) electrons. The van der Waals surface area contributed by atoms with Gasteiger partial charge in [0.05, 0.1) is 40.3 Å². The molecule has 0 N–H and O–H groups in total. The van der Waals surface area contributed by atoms with Crippen LogP contribution in [0.4, 0.5) is 0 Å². The van der Waals surface area contributed by atoms with Gasteiger partial charge in [-0.1, -0.05) is 0 Å². The summed E-state index contributed by atoms with van der Waals surface area (Å²) in [6, 6.07) is 32.6. The van der Waals surface area contributed by atoms with Gasteiger partial charge in [0, 0.05) is 57.5 Å². The number of hydrogen-bond acceptors (Lipinski definition) is 14. The van der Waals surface area contributed by atoms with Gasteiger partial charge >= 0.3 is 0 Å². The lowest BCUT2D eigenvalue weighted by Gasteiger charge is -1.97. The highest BCUT2D eigenvalue weighted by Gasteiger charge is 2.22. The molecule has 12 rings (SSSR count). The summed E-state index contributed by atoms with van der Waals surface area (Å²) in [6.07, 6.45) is 0. The molecule has 6 nitrogen and oxygen atoms in total. The van der Waals surface area contributed by atoms with Gasteiger partial charge in [-0.2, -0.15) is 0 Å². The molecule has 12 aromatic rings. The number of thiophene rings is 10. The number of aryl methyl sites for hydroxylation is 2. The van der Waals surface area contributed by atoms with Crippen molar-refractivity contribution in [3.63, 3.8) is 0 Å². The molecular weight excluding hydrogens is 1030 g/mol. The summed E-state index contributed by atoms with van der Waals surface area (Å²) in [4.78, 5) is 65.2. The summed E-state index contributed by atoms with van der Waals surface area (Å²) in [5.74, 6) is 0. The van der Waals surface area contributed by atoms with Gasteiger partial charge in [-0.15, -0.1) is 113 Å². The first-order chi connectivity index (χ1) is 31.1. The second-order valence-electron chi connectivity index (χ2n) is 14.6. The van der Waals surface area contributed by atoms with Gasteiger partial charge in [0.25, 0.3) is 22.2 Å². The van der Waals surface area contributed by atoms with Crippen LogP contribution < -0.4 is 40.7 Å². The van der Waals surface area contributed by atoms with E-state index in [9.17, 15) is 19.2 Å². The van der Waals surface area contributed by atoms with Gasteiger partial charge in [0.1, 0.15) is 10.0 Å². The minimum absolute atomic E-state index is 0.277. The molecule has 0 aliphatic rings. The molecule has 0 aliphatic heterocycles. The van der Waals surface area contributed by atoms with Crippen LogP contribution in [0.15, 0.2) is 127 Å². The quantitative estimate of drug-likeness (QED) is 0.135. The van der Waals surface area contributed by atoms with E-state index in [4.69, 9.17) is 0 Å². The van der Waals surface area contributed by atoms with Crippen molar-refractivity contribution in [1.29, 1.82) is 0 Å². The molecule has 0 saturated carbocycles. The van der Waals surface area contributed by atoms with Gasteiger partial charge in [-0.25, -0.2) is 9.13 Å². The third-order valence-electron chi connectivity index (χ3n) is 10.4. The fourth-order valence-corrected chi connectivity index (χ4v) is 22.1. The maximum atomic E-state index is 14.4. The minimum Gasteiger partial charge on any atom is -0.268 e. The first kappa shape index (κ1) is 41.6.